The monoisotopic (exact) mass is 329 g/mol. The second kappa shape index (κ2) is 6.06. The van der Waals surface area contributed by atoms with Gasteiger partial charge in [0.2, 0.25) is 0 Å². The minimum atomic E-state index is -0.749. The molecular weight excluding hydrogens is 302 g/mol. The molecule has 2 aliphatic heterocycles. The first-order valence-electron chi connectivity index (χ1n) is 8.18. The van der Waals surface area contributed by atoms with Crippen molar-refractivity contribution in [2.75, 3.05) is 39.6 Å². The fourth-order valence-corrected chi connectivity index (χ4v) is 3.22. The Morgan fingerprint density at radius 3 is 1.61 bits per heavy atom. The van der Waals surface area contributed by atoms with Crippen molar-refractivity contribution in [3.05, 3.63) is 0 Å². The maximum Gasteiger partial charge on any atom is 0.168 e. The number of aliphatic hydroxyl groups excluding tert-OH is 2. The lowest BCUT2D eigenvalue weighted by Crippen LogP contribution is -2.59. The van der Waals surface area contributed by atoms with Gasteiger partial charge in [0.25, 0.3) is 0 Å². The summed E-state index contributed by atoms with van der Waals surface area (Å²) < 4.78 is 23.8. The molecule has 7 nitrogen and oxygen atoms in total. The third-order valence-corrected chi connectivity index (χ3v) is 5.36. The molecule has 1 saturated carbocycles. The molecule has 132 valence electrons. The molecule has 2 spiro atoms. The minimum absolute atomic E-state index is 0.0526. The lowest BCUT2D eigenvalue weighted by atomic mass is 9.85. The summed E-state index contributed by atoms with van der Waals surface area (Å²) in [5, 5.41) is 18.8. The van der Waals surface area contributed by atoms with Crippen molar-refractivity contribution in [3.8, 4) is 0 Å². The second-order valence-corrected chi connectivity index (χ2v) is 7.49. The second-order valence-electron chi connectivity index (χ2n) is 7.49. The van der Waals surface area contributed by atoms with Crippen LogP contribution in [-0.4, -0.2) is 73.7 Å². The summed E-state index contributed by atoms with van der Waals surface area (Å²) >= 11 is 0. The van der Waals surface area contributed by atoms with Gasteiger partial charge in [-0.25, -0.2) is 0 Å². The van der Waals surface area contributed by atoms with E-state index < -0.39 is 17.1 Å². The quantitative estimate of drug-likeness (QED) is 0.732. The summed E-state index contributed by atoms with van der Waals surface area (Å²) in [6, 6.07) is 0. The summed E-state index contributed by atoms with van der Waals surface area (Å²) in [6.07, 6.45) is 2.70. The van der Waals surface area contributed by atoms with Crippen molar-refractivity contribution in [1.29, 1.82) is 0 Å². The van der Waals surface area contributed by atoms with Crippen LogP contribution in [0.4, 0.5) is 0 Å². The zero-order valence-electron chi connectivity index (χ0n) is 13.8. The van der Waals surface area contributed by atoms with Crippen molar-refractivity contribution in [2.24, 2.45) is 10.4 Å². The largest absolute Gasteiger partial charge is 0.396 e. The van der Waals surface area contributed by atoms with Crippen LogP contribution in [0.3, 0.4) is 0 Å². The number of aliphatic hydroxyl groups is 2. The van der Waals surface area contributed by atoms with E-state index in [2.05, 4.69) is 11.7 Å². The van der Waals surface area contributed by atoms with Crippen LogP contribution in [0.5, 0.6) is 0 Å². The van der Waals surface area contributed by atoms with Crippen LogP contribution in [0.2, 0.25) is 0 Å². The number of nitrogens with zero attached hydrogens (tertiary/aromatic N) is 1. The summed E-state index contributed by atoms with van der Waals surface area (Å²) in [5.41, 5.74) is -1.07. The normalized spacial score (nSPS) is 47.8. The molecule has 0 aromatic carbocycles. The van der Waals surface area contributed by atoms with E-state index in [-0.39, 0.29) is 18.6 Å². The van der Waals surface area contributed by atoms with Gasteiger partial charge in [0, 0.05) is 31.1 Å². The van der Waals surface area contributed by atoms with Crippen LogP contribution in [0.25, 0.3) is 0 Å². The molecule has 3 fully saturated rings. The standard InChI is InChI=1S/C16H27NO6/c1-13(7-18)9-20-15(21-10-13)3-5-16(6-4-15)22-11-14(8-19,17-2)12-23-16/h18-19H,2-12H2,1H3. The first-order valence-corrected chi connectivity index (χ1v) is 8.18. The lowest BCUT2D eigenvalue weighted by Gasteiger charge is -2.52. The molecule has 3 aliphatic rings. The summed E-state index contributed by atoms with van der Waals surface area (Å²) in [7, 11) is 0. The van der Waals surface area contributed by atoms with Gasteiger partial charge in [-0.2, -0.15) is 0 Å². The van der Waals surface area contributed by atoms with Crippen LogP contribution in [0.1, 0.15) is 32.6 Å². The number of aliphatic imine (C=N–C) groups is 1. The van der Waals surface area contributed by atoms with Crippen LogP contribution in [0.15, 0.2) is 4.99 Å². The van der Waals surface area contributed by atoms with E-state index >= 15 is 0 Å². The van der Waals surface area contributed by atoms with Crippen LogP contribution in [0, 0.1) is 5.41 Å². The van der Waals surface area contributed by atoms with Gasteiger partial charge in [-0.1, -0.05) is 6.92 Å². The molecular formula is C16H27NO6. The van der Waals surface area contributed by atoms with Gasteiger partial charge < -0.3 is 29.2 Å². The van der Waals surface area contributed by atoms with Gasteiger partial charge in [-0.05, 0) is 6.72 Å². The van der Waals surface area contributed by atoms with Crippen LogP contribution in [-0.2, 0) is 18.9 Å². The Hall–Kier alpha value is -0.570. The first-order chi connectivity index (χ1) is 10.9. The average Bonchev–Trinajstić information content (AvgIpc) is 2.62. The molecule has 2 heterocycles. The molecule has 0 amide bonds. The highest BCUT2D eigenvalue weighted by molar-refractivity contribution is 5.26. The molecule has 23 heavy (non-hydrogen) atoms. The molecule has 1 aliphatic carbocycles. The van der Waals surface area contributed by atoms with Gasteiger partial charge in [0.1, 0.15) is 5.54 Å². The molecule has 0 unspecified atom stereocenters. The number of ether oxygens (including phenoxy) is 4. The Morgan fingerprint density at radius 2 is 1.26 bits per heavy atom. The van der Waals surface area contributed by atoms with E-state index in [1.54, 1.807) is 0 Å². The minimum Gasteiger partial charge on any atom is -0.396 e. The smallest absolute Gasteiger partial charge is 0.168 e. The molecule has 0 bridgehead atoms. The summed E-state index contributed by atoms with van der Waals surface area (Å²) in [4.78, 5) is 3.96. The first kappa shape index (κ1) is 17.3. The Bertz CT molecular complexity index is 426. The third kappa shape index (κ3) is 3.18. The van der Waals surface area contributed by atoms with E-state index in [0.29, 0.717) is 52.1 Å². The summed E-state index contributed by atoms with van der Waals surface area (Å²) in [5.74, 6) is -1.23. The van der Waals surface area contributed by atoms with E-state index in [9.17, 15) is 10.2 Å². The highest BCUT2D eigenvalue weighted by Crippen LogP contribution is 2.46. The molecule has 2 saturated heterocycles. The Labute approximate surface area is 136 Å². The molecule has 7 heteroatoms. The number of hydrogen-bond donors (Lipinski definition) is 2. The van der Waals surface area contributed by atoms with Crippen LogP contribution >= 0.6 is 0 Å². The van der Waals surface area contributed by atoms with Crippen molar-refractivity contribution in [1.82, 2.24) is 0 Å². The fourth-order valence-electron chi connectivity index (χ4n) is 3.22. The number of rotatable bonds is 3. The van der Waals surface area contributed by atoms with Gasteiger partial charge >= 0.3 is 0 Å². The van der Waals surface area contributed by atoms with Gasteiger partial charge in [0.05, 0.1) is 39.6 Å². The van der Waals surface area contributed by atoms with Crippen molar-refractivity contribution in [2.45, 2.75) is 49.7 Å². The van der Waals surface area contributed by atoms with Gasteiger partial charge in [-0.15, -0.1) is 0 Å². The maximum absolute atomic E-state index is 9.45. The van der Waals surface area contributed by atoms with Crippen LogP contribution < -0.4 is 0 Å². The topological polar surface area (TPSA) is 89.7 Å². The van der Waals surface area contributed by atoms with E-state index in [1.165, 1.54) is 0 Å². The molecule has 0 aromatic heterocycles. The molecule has 0 radical (unpaired) electrons. The van der Waals surface area contributed by atoms with Crippen molar-refractivity contribution < 1.29 is 29.2 Å². The fraction of sp³-hybridized carbons (Fsp3) is 0.938. The van der Waals surface area contributed by atoms with Gasteiger partial charge in [-0.3, -0.25) is 4.99 Å². The molecule has 2 N–H and O–H groups in total. The SMILES string of the molecule is C=NC1(CO)COC2(CCC3(CC2)OCC(C)(CO)CO3)OC1. The highest BCUT2D eigenvalue weighted by atomic mass is 16.7. The average molecular weight is 329 g/mol. The van der Waals surface area contributed by atoms with E-state index in [0.717, 1.165) is 0 Å². The zero-order valence-corrected chi connectivity index (χ0v) is 13.8. The summed E-state index contributed by atoms with van der Waals surface area (Å²) in [6.45, 7) is 6.99. The lowest BCUT2D eigenvalue weighted by molar-refractivity contribution is -0.362. The predicted octanol–water partition coefficient (Wildman–Crippen LogP) is 0.477. The van der Waals surface area contributed by atoms with Crippen molar-refractivity contribution in [3.63, 3.8) is 0 Å². The molecule has 0 atom stereocenters. The predicted molar refractivity (Wildman–Crippen MR) is 82.3 cm³/mol. The Morgan fingerprint density at radius 1 is 0.826 bits per heavy atom. The molecule has 3 rings (SSSR count). The third-order valence-electron chi connectivity index (χ3n) is 5.36. The van der Waals surface area contributed by atoms with E-state index in [4.69, 9.17) is 18.9 Å². The van der Waals surface area contributed by atoms with Gasteiger partial charge in [0.15, 0.2) is 11.6 Å². The van der Waals surface area contributed by atoms with E-state index in [1.807, 2.05) is 6.92 Å². The maximum atomic E-state index is 9.45. The Balaban J connectivity index is 1.56. The zero-order chi connectivity index (χ0) is 16.6. The van der Waals surface area contributed by atoms with Crippen molar-refractivity contribution >= 4 is 6.72 Å². The number of hydrogen-bond acceptors (Lipinski definition) is 7. The Kier molecular flexibility index (Phi) is 4.54. The highest BCUT2D eigenvalue weighted by Gasteiger charge is 2.52. The molecule has 0 aromatic rings.